The van der Waals surface area contributed by atoms with Gasteiger partial charge in [0.2, 0.25) is 0 Å². The van der Waals surface area contributed by atoms with Crippen LogP contribution in [0.1, 0.15) is 13.8 Å². The third kappa shape index (κ3) is 17.7. The maximum Gasteiger partial charge on any atom is 0.318 e. The summed E-state index contributed by atoms with van der Waals surface area (Å²) < 4.78 is 21.9. The second-order valence-corrected chi connectivity index (χ2v) is 4.87. The van der Waals surface area contributed by atoms with Gasteiger partial charge in [-0.25, -0.2) is 8.42 Å². The summed E-state index contributed by atoms with van der Waals surface area (Å²) in [6.45, 7) is 3.40. The molecule has 68 valence electrons. The Balaban J connectivity index is 0. The quantitative estimate of drug-likeness (QED) is 0.705. The number of aliphatic carboxylic acids is 1. The van der Waals surface area contributed by atoms with Gasteiger partial charge in [-0.1, -0.05) is 13.8 Å². The van der Waals surface area contributed by atoms with E-state index in [-0.39, 0.29) is 0 Å². The summed E-state index contributed by atoms with van der Waals surface area (Å²) in [5.41, 5.74) is 0. The molecule has 0 aliphatic heterocycles. The number of hydrogen-bond donors (Lipinski definition) is 2. The van der Waals surface area contributed by atoms with Gasteiger partial charge in [-0.15, -0.1) is 0 Å². The Labute approximate surface area is 73.0 Å². The van der Waals surface area contributed by atoms with Crippen molar-refractivity contribution >= 4 is 29.2 Å². The monoisotopic (exact) mass is 247 g/mol. The van der Waals surface area contributed by atoms with E-state index >= 15 is 0 Å². The molecule has 0 rings (SSSR count). The average Bonchev–Trinajstić information content (AvgIpc) is 1.87. The van der Waals surface area contributed by atoms with Crippen LogP contribution in [0.25, 0.3) is 0 Å². The van der Waals surface area contributed by atoms with Gasteiger partial charge in [0.25, 0.3) is 8.46 Å². The lowest BCUT2D eigenvalue weighted by atomic mass is 10.7. The third-order valence-corrected chi connectivity index (χ3v) is 1.57. The van der Waals surface area contributed by atoms with E-state index in [1.54, 1.807) is 4.72 Å². The van der Waals surface area contributed by atoms with E-state index in [1.807, 2.05) is 13.8 Å². The molecular weight excluding hydrogens is 238 g/mol. The summed E-state index contributed by atoms with van der Waals surface area (Å²) in [5.74, 6) is -1.22. The molecule has 0 aromatic carbocycles. The molecule has 0 spiro atoms. The summed E-state index contributed by atoms with van der Waals surface area (Å²) in [5, 5.41) is 7.93. The zero-order valence-electron chi connectivity index (χ0n) is 6.17. The van der Waals surface area contributed by atoms with Crippen molar-refractivity contribution in [3.05, 3.63) is 0 Å². The van der Waals surface area contributed by atoms with Crippen molar-refractivity contribution in [2.24, 2.45) is 0 Å². The third-order valence-electron chi connectivity index (χ3n) is 0.396. The van der Waals surface area contributed by atoms with Crippen LogP contribution in [0.4, 0.5) is 0 Å². The fourth-order valence-electron chi connectivity index (χ4n) is 0.148. The Bertz CT molecular complexity index is 200. The van der Waals surface area contributed by atoms with E-state index in [9.17, 15) is 13.2 Å². The Kier molecular flexibility index (Phi) is 8.02. The molecule has 0 aromatic heterocycles. The first-order valence-corrected chi connectivity index (χ1v) is 6.15. The molecule has 2 N–H and O–H groups in total. The zero-order chi connectivity index (χ0) is 9.49. The molecular formula is C4H10BrNO4S. The molecule has 5 nitrogen and oxygen atoms in total. The molecule has 0 aromatic rings. The number of nitrogens with one attached hydrogen (secondary N) is 1. The number of halogens is 1. The van der Waals surface area contributed by atoms with Crippen LogP contribution >= 0.6 is 14.8 Å². The first-order chi connectivity index (χ1) is 4.92. The lowest BCUT2D eigenvalue weighted by Gasteiger charge is -1.92. The predicted molar refractivity (Wildman–Crippen MR) is 44.8 cm³/mol. The Morgan fingerprint density at radius 3 is 2.00 bits per heavy atom. The maximum absolute atomic E-state index is 10.1. The lowest BCUT2D eigenvalue weighted by molar-refractivity contribution is -0.135. The average molecular weight is 248 g/mol. The van der Waals surface area contributed by atoms with Crippen LogP contribution in [0.15, 0.2) is 0 Å². The van der Waals surface area contributed by atoms with Crippen LogP contribution in [0.5, 0.6) is 0 Å². The van der Waals surface area contributed by atoms with Gasteiger partial charge in [0.1, 0.15) is 6.54 Å². The molecule has 0 heterocycles. The van der Waals surface area contributed by atoms with E-state index < -0.39 is 21.0 Å². The van der Waals surface area contributed by atoms with Crippen molar-refractivity contribution in [1.29, 1.82) is 0 Å². The number of carboxylic acid groups (broad SMARTS) is 1. The molecule has 0 bridgehead atoms. The Hall–Kier alpha value is -0.140. The van der Waals surface area contributed by atoms with Crippen molar-refractivity contribution in [3.63, 3.8) is 0 Å². The van der Waals surface area contributed by atoms with Gasteiger partial charge < -0.3 is 5.11 Å². The SMILES string of the molecule is CC.O=C(O)CNS(=O)(=O)Br. The Morgan fingerprint density at radius 2 is 1.91 bits per heavy atom. The van der Waals surface area contributed by atoms with Gasteiger partial charge in [0, 0.05) is 0 Å². The molecule has 0 unspecified atom stereocenters. The fourth-order valence-corrected chi connectivity index (χ4v) is 0.787. The molecule has 0 radical (unpaired) electrons. The van der Waals surface area contributed by atoms with Gasteiger partial charge in [-0.2, -0.15) is 4.72 Å². The summed E-state index contributed by atoms with van der Waals surface area (Å²) in [7, 11) is -3.54. The second kappa shape index (κ2) is 6.56. The highest BCUT2D eigenvalue weighted by Crippen LogP contribution is 1.91. The topological polar surface area (TPSA) is 83.5 Å². The number of hydrogen-bond acceptors (Lipinski definition) is 3. The zero-order valence-corrected chi connectivity index (χ0v) is 8.57. The minimum Gasteiger partial charge on any atom is -0.480 e. The molecule has 0 aliphatic carbocycles. The van der Waals surface area contributed by atoms with Crippen molar-refractivity contribution in [2.75, 3.05) is 6.54 Å². The van der Waals surface area contributed by atoms with E-state index in [0.717, 1.165) is 0 Å². The van der Waals surface area contributed by atoms with Crippen molar-refractivity contribution in [3.8, 4) is 0 Å². The van der Waals surface area contributed by atoms with Crippen LogP contribution < -0.4 is 4.72 Å². The standard InChI is InChI=1S/C2H4BrNO4S.C2H6/c3-9(7,8)4-1-2(5)6;1-2/h4H,1H2,(H,5,6);1-2H3. The molecule has 11 heavy (non-hydrogen) atoms. The summed E-state index contributed by atoms with van der Waals surface area (Å²) in [4.78, 5) is 9.70. The molecule has 0 saturated carbocycles. The summed E-state index contributed by atoms with van der Waals surface area (Å²) in [6.07, 6.45) is 0. The van der Waals surface area contributed by atoms with Gasteiger partial charge in [-0.3, -0.25) is 4.79 Å². The second-order valence-electron chi connectivity index (χ2n) is 1.15. The first-order valence-electron chi connectivity index (χ1n) is 2.83. The summed E-state index contributed by atoms with van der Waals surface area (Å²) in [6, 6.07) is 0. The highest BCUT2D eigenvalue weighted by Gasteiger charge is 2.04. The fraction of sp³-hybridized carbons (Fsp3) is 0.750. The van der Waals surface area contributed by atoms with Crippen molar-refractivity contribution in [2.45, 2.75) is 13.8 Å². The molecule has 0 aliphatic rings. The normalized spacial score (nSPS) is 9.73. The van der Waals surface area contributed by atoms with Gasteiger partial charge in [-0.05, 0) is 0 Å². The summed E-state index contributed by atoms with van der Waals surface area (Å²) >= 11 is 2.20. The Morgan fingerprint density at radius 1 is 1.55 bits per heavy atom. The molecule has 0 amide bonds. The van der Waals surface area contributed by atoms with E-state index in [4.69, 9.17) is 5.11 Å². The van der Waals surface area contributed by atoms with Gasteiger partial charge in [0.15, 0.2) is 0 Å². The maximum atomic E-state index is 10.1. The first kappa shape index (κ1) is 13.4. The lowest BCUT2D eigenvalue weighted by Crippen LogP contribution is -2.24. The molecule has 0 fully saturated rings. The van der Waals surface area contributed by atoms with E-state index in [2.05, 4.69) is 14.8 Å². The molecule has 7 heteroatoms. The van der Waals surface area contributed by atoms with Gasteiger partial charge >= 0.3 is 5.97 Å². The van der Waals surface area contributed by atoms with Crippen LogP contribution in [0.2, 0.25) is 0 Å². The van der Waals surface area contributed by atoms with Crippen LogP contribution in [-0.2, 0) is 13.3 Å². The van der Waals surface area contributed by atoms with Gasteiger partial charge in [0.05, 0.1) is 14.8 Å². The van der Waals surface area contributed by atoms with Crippen molar-refractivity contribution in [1.82, 2.24) is 4.72 Å². The number of carboxylic acids is 1. The van der Waals surface area contributed by atoms with Crippen LogP contribution in [-0.4, -0.2) is 26.0 Å². The van der Waals surface area contributed by atoms with Crippen molar-refractivity contribution < 1.29 is 18.3 Å². The predicted octanol–water partition coefficient (Wildman–Crippen LogP) is 0.327. The van der Waals surface area contributed by atoms with Crippen LogP contribution in [0, 0.1) is 0 Å². The minimum absolute atomic E-state index is 0.604. The minimum atomic E-state index is -3.54. The highest BCUT2D eigenvalue weighted by atomic mass is 79.9. The highest BCUT2D eigenvalue weighted by molar-refractivity contribution is 9.47. The van der Waals surface area contributed by atoms with E-state index in [1.165, 1.54) is 0 Å². The van der Waals surface area contributed by atoms with E-state index in [0.29, 0.717) is 0 Å². The molecule has 0 saturated heterocycles. The number of rotatable bonds is 3. The smallest absolute Gasteiger partial charge is 0.318 e. The number of carbonyl (C=O) groups is 1. The largest absolute Gasteiger partial charge is 0.480 e. The molecule has 0 atom stereocenters. The van der Waals surface area contributed by atoms with Crippen LogP contribution in [0.3, 0.4) is 0 Å².